The molecule has 1 unspecified atom stereocenters. The van der Waals surface area contributed by atoms with E-state index < -0.39 is 16.7 Å². The number of anilines is 1. The van der Waals surface area contributed by atoms with E-state index in [1.54, 1.807) is 29.3 Å². The zero-order valence-corrected chi connectivity index (χ0v) is 11.5. The molecule has 0 N–H and O–H groups in total. The second-order valence-electron chi connectivity index (χ2n) is 4.82. The van der Waals surface area contributed by atoms with E-state index in [4.69, 9.17) is 0 Å². The van der Waals surface area contributed by atoms with Gasteiger partial charge in [0, 0.05) is 12.3 Å². The Morgan fingerprint density at radius 1 is 1.45 bits per heavy atom. The van der Waals surface area contributed by atoms with Gasteiger partial charge in [-0.15, -0.1) is 0 Å². The van der Waals surface area contributed by atoms with E-state index in [1.165, 1.54) is 19.2 Å². The number of non-ortho nitro benzene ring substituents is 1. The van der Waals surface area contributed by atoms with Crippen LogP contribution in [0.1, 0.15) is 0 Å². The molecule has 22 heavy (non-hydrogen) atoms. The highest BCUT2D eigenvalue weighted by Gasteiger charge is 2.32. The van der Waals surface area contributed by atoms with Crippen LogP contribution in [0, 0.1) is 15.9 Å². The van der Waals surface area contributed by atoms with Crippen LogP contribution in [0.4, 0.5) is 15.8 Å². The Hall–Kier alpha value is -2.96. The minimum absolute atomic E-state index is 0.190. The standard InChI is InChI=1S/C15H11FN2O4/c1-22-15(19)9-2-4-13-10(6-9)8-17(13)14-5-3-11(18(20)21)7-12(14)16/h2-8,13H,1H3. The zero-order valence-electron chi connectivity index (χ0n) is 11.5. The minimum atomic E-state index is -0.666. The second kappa shape index (κ2) is 5.10. The van der Waals surface area contributed by atoms with Crippen molar-refractivity contribution in [1.82, 2.24) is 0 Å². The lowest BCUT2D eigenvalue weighted by Gasteiger charge is -2.40. The van der Waals surface area contributed by atoms with Crippen molar-refractivity contribution in [3.05, 3.63) is 69.7 Å². The van der Waals surface area contributed by atoms with Gasteiger partial charge in [-0.25, -0.2) is 9.18 Å². The summed E-state index contributed by atoms with van der Waals surface area (Å²) in [5.41, 5.74) is 1.23. The zero-order chi connectivity index (χ0) is 15.9. The van der Waals surface area contributed by atoms with Gasteiger partial charge in [-0.1, -0.05) is 6.08 Å². The molecule has 7 heteroatoms. The summed E-state index contributed by atoms with van der Waals surface area (Å²) in [6.07, 6.45) is 6.73. The van der Waals surface area contributed by atoms with Crippen LogP contribution < -0.4 is 4.90 Å². The van der Waals surface area contributed by atoms with Gasteiger partial charge in [-0.2, -0.15) is 0 Å². The molecular formula is C15H11FN2O4. The predicted octanol–water partition coefficient (Wildman–Crippen LogP) is 2.48. The fourth-order valence-corrected chi connectivity index (χ4v) is 2.43. The van der Waals surface area contributed by atoms with E-state index in [9.17, 15) is 19.3 Å². The molecule has 1 heterocycles. The van der Waals surface area contributed by atoms with Gasteiger partial charge in [0.1, 0.15) is 0 Å². The lowest BCUT2D eigenvalue weighted by Crippen LogP contribution is -2.41. The summed E-state index contributed by atoms with van der Waals surface area (Å²) < 4.78 is 18.7. The van der Waals surface area contributed by atoms with Gasteiger partial charge in [0.2, 0.25) is 0 Å². The SMILES string of the molecule is COC(=O)C1=CC2=CN(c3ccc([N+](=O)[O-])cc3F)C2C=C1. The minimum Gasteiger partial charge on any atom is -0.465 e. The van der Waals surface area contributed by atoms with Gasteiger partial charge in [0.15, 0.2) is 5.82 Å². The lowest BCUT2D eigenvalue weighted by molar-refractivity contribution is -0.385. The summed E-state index contributed by atoms with van der Waals surface area (Å²) >= 11 is 0. The number of hydrogen-bond acceptors (Lipinski definition) is 5. The van der Waals surface area contributed by atoms with Crippen LogP contribution in [0.2, 0.25) is 0 Å². The molecule has 1 aliphatic carbocycles. The molecule has 0 bridgehead atoms. The fraction of sp³-hybridized carbons (Fsp3) is 0.133. The van der Waals surface area contributed by atoms with Crippen molar-refractivity contribution in [2.75, 3.05) is 12.0 Å². The van der Waals surface area contributed by atoms with E-state index >= 15 is 0 Å². The molecule has 0 saturated heterocycles. The normalized spacial score (nSPS) is 18.8. The number of nitrogens with zero attached hydrogens (tertiary/aromatic N) is 2. The molecular weight excluding hydrogens is 291 g/mol. The molecule has 0 radical (unpaired) electrons. The Bertz CT molecular complexity index is 767. The highest BCUT2D eigenvalue weighted by molar-refractivity contribution is 5.93. The average molecular weight is 302 g/mol. The first-order valence-electron chi connectivity index (χ1n) is 6.43. The van der Waals surface area contributed by atoms with E-state index in [0.29, 0.717) is 5.57 Å². The van der Waals surface area contributed by atoms with Crippen molar-refractivity contribution in [3.8, 4) is 0 Å². The number of methoxy groups -OCH3 is 1. The monoisotopic (exact) mass is 302 g/mol. The molecule has 1 aromatic rings. The van der Waals surface area contributed by atoms with Gasteiger partial charge < -0.3 is 9.64 Å². The number of carbonyl (C=O) groups is 1. The Balaban J connectivity index is 1.88. The van der Waals surface area contributed by atoms with E-state index in [1.807, 2.05) is 0 Å². The Morgan fingerprint density at radius 2 is 2.23 bits per heavy atom. The number of halogens is 1. The third-order valence-electron chi connectivity index (χ3n) is 3.55. The highest BCUT2D eigenvalue weighted by atomic mass is 19.1. The average Bonchev–Trinajstić information content (AvgIpc) is 2.48. The molecule has 2 aliphatic rings. The first kappa shape index (κ1) is 14.0. The van der Waals surface area contributed by atoms with Crippen LogP contribution in [0.25, 0.3) is 0 Å². The Kier molecular flexibility index (Phi) is 3.25. The molecule has 112 valence electrons. The van der Waals surface area contributed by atoms with Crippen LogP contribution in [0.15, 0.2) is 53.8 Å². The van der Waals surface area contributed by atoms with Crippen molar-refractivity contribution >= 4 is 17.3 Å². The highest BCUT2D eigenvalue weighted by Crippen LogP contribution is 2.37. The third kappa shape index (κ3) is 2.16. The number of nitro benzene ring substituents is 1. The predicted molar refractivity (Wildman–Crippen MR) is 76.6 cm³/mol. The molecule has 0 spiro atoms. The van der Waals surface area contributed by atoms with Gasteiger partial charge in [0.25, 0.3) is 5.69 Å². The number of carbonyl (C=O) groups excluding carboxylic acids is 1. The molecule has 6 nitrogen and oxygen atoms in total. The molecule has 0 amide bonds. The van der Waals surface area contributed by atoms with Crippen molar-refractivity contribution in [1.29, 1.82) is 0 Å². The van der Waals surface area contributed by atoms with Crippen LogP contribution in [-0.2, 0) is 9.53 Å². The Morgan fingerprint density at radius 3 is 2.82 bits per heavy atom. The number of hydrogen-bond donors (Lipinski definition) is 0. The number of esters is 1. The maximum Gasteiger partial charge on any atom is 0.337 e. The van der Waals surface area contributed by atoms with E-state index in [-0.39, 0.29) is 17.4 Å². The maximum atomic E-state index is 14.0. The third-order valence-corrected chi connectivity index (χ3v) is 3.55. The maximum absolute atomic E-state index is 14.0. The largest absolute Gasteiger partial charge is 0.465 e. The van der Waals surface area contributed by atoms with E-state index in [0.717, 1.165) is 11.6 Å². The van der Waals surface area contributed by atoms with Crippen molar-refractivity contribution in [2.24, 2.45) is 0 Å². The number of ether oxygens (including phenoxy) is 1. The molecule has 1 atom stereocenters. The molecule has 1 aromatic carbocycles. The molecule has 3 rings (SSSR count). The fourth-order valence-electron chi connectivity index (χ4n) is 2.43. The van der Waals surface area contributed by atoms with Crippen molar-refractivity contribution in [3.63, 3.8) is 0 Å². The van der Waals surface area contributed by atoms with Crippen LogP contribution in [0.3, 0.4) is 0 Å². The van der Waals surface area contributed by atoms with Crippen molar-refractivity contribution in [2.45, 2.75) is 6.04 Å². The smallest absolute Gasteiger partial charge is 0.337 e. The topological polar surface area (TPSA) is 72.7 Å². The Labute approximate surface area is 124 Å². The second-order valence-corrected chi connectivity index (χ2v) is 4.82. The first-order valence-corrected chi connectivity index (χ1v) is 6.43. The van der Waals surface area contributed by atoms with Crippen LogP contribution >= 0.6 is 0 Å². The summed E-state index contributed by atoms with van der Waals surface area (Å²) in [5.74, 6) is -1.10. The summed E-state index contributed by atoms with van der Waals surface area (Å²) in [5, 5.41) is 10.6. The molecule has 0 saturated carbocycles. The molecule has 0 aromatic heterocycles. The summed E-state index contributed by atoms with van der Waals surface area (Å²) in [6, 6.07) is 3.33. The summed E-state index contributed by atoms with van der Waals surface area (Å²) in [7, 11) is 1.30. The number of rotatable bonds is 3. The number of benzene rings is 1. The molecule has 0 fully saturated rings. The lowest BCUT2D eigenvalue weighted by atomic mass is 9.91. The summed E-state index contributed by atoms with van der Waals surface area (Å²) in [6.45, 7) is 0. The van der Waals surface area contributed by atoms with Crippen LogP contribution in [0.5, 0.6) is 0 Å². The van der Waals surface area contributed by atoms with Crippen LogP contribution in [-0.4, -0.2) is 24.0 Å². The van der Waals surface area contributed by atoms with E-state index in [2.05, 4.69) is 4.74 Å². The molecule has 1 aliphatic heterocycles. The summed E-state index contributed by atoms with van der Waals surface area (Å²) in [4.78, 5) is 23.1. The van der Waals surface area contributed by atoms with Gasteiger partial charge in [-0.3, -0.25) is 10.1 Å². The van der Waals surface area contributed by atoms with Crippen molar-refractivity contribution < 1.29 is 18.8 Å². The van der Waals surface area contributed by atoms with Gasteiger partial charge in [0.05, 0.1) is 35.4 Å². The van der Waals surface area contributed by atoms with Gasteiger partial charge in [-0.05, 0) is 23.8 Å². The first-order chi connectivity index (χ1) is 10.5. The number of fused-ring (bicyclic) bond motifs is 1. The quantitative estimate of drug-likeness (QED) is 0.487. The van der Waals surface area contributed by atoms with Gasteiger partial charge >= 0.3 is 5.97 Å². The number of nitro groups is 1.